The molecule has 0 aromatic heterocycles. The summed E-state index contributed by atoms with van der Waals surface area (Å²) in [5.74, 6) is -1.63. The van der Waals surface area contributed by atoms with Gasteiger partial charge in [0.2, 0.25) is 0 Å². The number of aromatic carboxylic acids is 1. The first-order chi connectivity index (χ1) is 6.52. The van der Waals surface area contributed by atoms with Gasteiger partial charge in [0.15, 0.2) is 0 Å². The van der Waals surface area contributed by atoms with Gasteiger partial charge in [0.05, 0.1) is 5.56 Å². The zero-order chi connectivity index (χ0) is 11.3. The molecule has 0 aliphatic rings. The van der Waals surface area contributed by atoms with Crippen LogP contribution < -0.4 is 5.73 Å². The molecule has 1 rings (SSSR count). The lowest BCUT2D eigenvalue weighted by Gasteiger charge is -2.02. The lowest BCUT2D eigenvalue weighted by molar-refractivity contribution is 0.0698. The Balaban J connectivity index is 0.000000791. The first-order valence-electron chi connectivity index (χ1n) is 4.31. The van der Waals surface area contributed by atoms with Gasteiger partial charge in [-0.1, -0.05) is 13.8 Å². The summed E-state index contributed by atoms with van der Waals surface area (Å²) in [6.45, 7) is 5.49. The molecule has 0 aliphatic heterocycles. The van der Waals surface area contributed by atoms with Crippen LogP contribution in [0.5, 0.6) is 0 Å². The van der Waals surface area contributed by atoms with Crippen LogP contribution in [0.4, 0.5) is 10.1 Å². The summed E-state index contributed by atoms with van der Waals surface area (Å²) in [6.07, 6.45) is 0. The number of nitrogens with two attached hydrogens (primary N) is 1. The van der Waals surface area contributed by atoms with Crippen molar-refractivity contribution in [2.45, 2.75) is 20.8 Å². The molecule has 0 radical (unpaired) electrons. The van der Waals surface area contributed by atoms with Crippen LogP contribution in [0.15, 0.2) is 12.1 Å². The van der Waals surface area contributed by atoms with Crippen molar-refractivity contribution >= 4 is 11.7 Å². The molecule has 1 aromatic carbocycles. The number of carboxylic acids is 1. The minimum atomic E-state index is -1.14. The van der Waals surface area contributed by atoms with Crippen LogP contribution in [0.1, 0.15) is 29.8 Å². The van der Waals surface area contributed by atoms with E-state index in [1.54, 1.807) is 0 Å². The van der Waals surface area contributed by atoms with Gasteiger partial charge in [-0.25, -0.2) is 9.18 Å². The van der Waals surface area contributed by atoms with E-state index in [1.165, 1.54) is 13.0 Å². The predicted molar refractivity (Wildman–Crippen MR) is 53.9 cm³/mol. The largest absolute Gasteiger partial charge is 0.478 e. The first kappa shape index (κ1) is 12.4. The summed E-state index contributed by atoms with van der Waals surface area (Å²) in [5, 5.41) is 8.58. The molecule has 0 saturated heterocycles. The molecule has 0 fully saturated rings. The second-order valence-electron chi connectivity index (χ2n) is 2.49. The van der Waals surface area contributed by atoms with Crippen LogP contribution in [0, 0.1) is 12.7 Å². The second kappa shape index (κ2) is 5.21. The Morgan fingerprint density at radius 2 is 1.93 bits per heavy atom. The van der Waals surface area contributed by atoms with E-state index in [1.807, 2.05) is 13.8 Å². The molecule has 3 nitrogen and oxygen atoms in total. The van der Waals surface area contributed by atoms with E-state index < -0.39 is 11.8 Å². The summed E-state index contributed by atoms with van der Waals surface area (Å²) < 4.78 is 12.8. The third kappa shape index (κ3) is 2.73. The average Bonchev–Trinajstić information content (AvgIpc) is 2.14. The summed E-state index contributed by atoms with van der Waals surface area (Å²) in [6, 6.07) is 2.23. The van der Waals surface area contributed by atoms with Crippen LogP contribution in [0.3, 0.4) is 0 Å². The molecule has 0 aliphatic carbocycles. The third-order valence-electron chi connectivity index (χ3n) is 1.56. The molecule has 0 amide bonds. The number of halogens is 1. The van der Waals surface area contributed by atoms with Gasteiger partial charge in [-0.05, 0) is 24.6 Å². The highest BCUT2D eigenvalue weighted by atomic mass is 19.1. The fourth-order valence-electron chi connectivity index (χ4n) is 0.882. The van der Waals surface area contributed by atoms with E-state index in [9.17, 15) is 9.18 Å². The first-order valence-corrected chi connectivity index (χ1v) is 4.31. The smallest absolute Gasteiger partial charge is 0.337 e. The topological polar surface area (TPSA) is 63.3 Å². The van der Waals surface area contributed by atoms with Crippen molar-refractivity contribution in [3.8, 4) is 0 Å². The number of aryl methyl sites for hydroxylation is 1. The Morgan fingerprint density at radius 1 is 1.43 bits per heavy atom. The molecule has 78 valence electrons. The monoisotopic (exact) mass is 199 g/mol. The summed E-state index contributed by atoms with van der Waals surface area (Å²) in [7, 11) is 0. The van der Waals surface area contributed by atoms with E-state index in [2.05, 4.69) is 0 Å². The lowest BCUT2D eigenvalue weighted by Crippen LogP contribution is -2.03. The quantitative estimate of drug-likeness (QED) is 0.683. The number of rotatable bonds is 1. The fourth-order valence-corrected chi connectivity index (χ4v) is 0.882. The number of carbonyl (C=O) groups is 1. The Hall–Kier alpha value is -1.58. The standard InChI is InChI=1S/C8H8FNO2.C2H6/c1-4-2-5(8(11)12)7(10)3-6(4)9;1-2/h2-3H,10H2,1H3,(H,11,12);1-2H3. The molecule has 0 atom stereocenters. The highest BCUT2D eigenvalue weighted by molar-refractivity contribution is 5.93. The number of nitrogen functional groups attached to an aromatic ring is 1. The van der Waals surface area contributed by atoms with Crippen molar-refractivity contribution in [3.63, 3.8) is 0 Å². The van der Waals surface area contributed by atoms with Crippen molar-refractivity contribution in [2.75, 3.05) is 5.73 Å². The van der Waals surface area contributed by atoms with Crippen LogP contribution in [0.25, 0.3) is 0 Å². The van der Waals surface area contributed by atoms with Crippen LogP contribution in [-0.4, -0.2) is 11.1 Å². The third-order valence-corrected chi connectivity index (χ3v) is 1.56. The maximum Gasteiger partial charge on any atom is 0.337 e. The molecule has 3 N–H and O–H groups in total. The highest BCUT2D eigenvalue weighted by Gasteiger charge is 2.10. The Bertz CT molecular complexity index is 337. The van der Waals surface area contributed by atoms with Gasteiger partial charge in [-0.3, -0.25) is 0 Å². The molecule has 4 heteroatoms. The van der Waals surface area contributed by atoms with E-state index >= 15 is 0 Å². The van der Waals surface area contributed by atoms with Gasteiger partial charge in [-0.2, -0.15) is 0 Å². The molecule has 14 heavy (non-hydrogen) atoms. The van der Waals surface area contributed by atoms with Gasteiger partial charge in [0, 0.05) is 5.69 Å². The number of hydrogen-bond donors (Lipinski definition) is 2. The SMILES string of the molecule is CC.Cc1cc(C(=O)O)c(N)cc1F. The maximum absolute atomic E-state index is 12.8. The number of hydrogen-bond acceptors (Lipinski definition) is 2. The van der Waals surface area contributed by atoms with Gasteiger partial charge in [0.1, 0.15) is 5.82 Å². The van der Waals surface area contributed by atoms with E-state index in [4.69, 9.17) is 10.8 Å². The summed E-state index contributed by atoms with van der Waals surface area (Å²) in [4.78, 5) is 10.5. The van der Waals surface area contributed by atoms with Crippen molar-refractivity contribution in [3.05, 3.63) is 29.1 Å². The average molecular weight is 199 g/mol. The summed E-state index contributed by atoms with van der Waals surface area (Å²) >= 11 is 0. The molecule has 0 unspecified atom stereocenters. The summed E-state index contributed by atoms with van der Waals surface area (Å²) in [5.41, 5.74) is 5.44. The van der Waals surface area contributed by atoms with E-state index in [0.717, 1.165) is 6.07 Å². The fraction of sp³-hybridized carbons (Fsp3) is 0.300. The Labute approximate surface area is 82.4 Å². The van der Waals surface area contributed by atoms with Crippen LogP contribution >= 0.6 is 0 Å². The van der Waals surface area contributed by atoms with Crippen LogP contribution in [-0.2, 0) is 0 Å². The molecule has 0 spiro atoms. The van der Waals surface area contributed by atoms with E-state index in [0.29, 0.717) is 0 Å². The van der Waals surface area contributed by atoms with Gasteiger partial charge in [0.25, 0.3) is 0 Å². The molecular weight excluding hydrogens is 185 g/mol. The van der Waals surface area contributed by atoms with Crippen LogP contribution in [0.2, 0.25) is 0 Å². The Morgan fingerprint density at radius 3 is 2.36 bits per heavy atom. The molecular formula is C10H14FNO2. The number of carboxylic acid groups (broad SMARTS) is 1. The molecule has 0 saturated carbocycles. The van der Waals surface area contributed by atoms with Crippen molar-refractivity contribution in [1.29, 1.82) is 0 Å². The number of anilines is 1. The predicted octanol–water partition coefficient (Wildman–Crippen LogP) is 2.44. The minimum absolute atomic E-state index is 0.0504. The van der Waals surface area contributed by atoms with E-state index in [-0.39, 0.29) is 16.8 Å². The normalized spacial score (nSPS) is 8.86. The Kier molecular flexibility index (Phi) is 4.63. The second-order valence-corrected chi connectivity index (χ2v) is 2.49. The van der Waals surface area contributed by atoms with Crippen molar-refractivity contribution in [2.24, 2.45) is 0 Å². The molecule has 0 heterocycles. The van der Waals surface area contributed by atoms with Crippen molar-refractivity contribution < 1.29 is 14.3 Å². The zero-order valence-corrected chi connectivity index (χ0v) is 8.47. The maximum atomic E-state index is 12.8. The minimum Gasteiger partial charge on any atom is -0.478 e. The highest BCUT2D eigenvalue weighted by Crippen LogP contribution is 2.16. The van der Waals surface area contributed by atoms with Gasteiger partial charge >= 0.3 is 5.97 Å². The molecule has 0 bridgehead atoms. The van der Waals surface area contributed by atoms with Gasteiger partial charge < -0.3 is 10.8 Å². The molecule has 1 aromatic rings. The lowest BCUT2D eigenvalue weighted by atomic mass is 10.1. The van der Waals surface area contributed by atoms with Crippen molar-refractivity contribution in [1.82, 2.24) is 0 Å². The van der Waals surface area contributed by atoms with Gasteiger partial charge in [-0.15, -0.1) is 0 Å². The number of benzene rings is 1. The zero-order valence-electron chi connectivity index (χ0n) is 8.47.